The molecule has 0 fully saturated rings. The number of carboxylic acids is 1. The fourth-order valence-electron chi connectivity index (χ4n) is 2.98. The van der Waals surface area contributed by atoms with Crippen molar-refractivity contribution in [3.05, 3.63) is 64.7 Å². The second kappa shape index (κ2) is 7.67. The maximum atomic E-state index is 12.6. The molecule has 2 aromatic heterocycles. The van der Waals surface area contributed by atoms with E-state index in [9.17, 15) is 9.59 Å². The first-order valence-electron chi connectivity index (χ1n) is 8.94. The summed E-state index contributed by atoms with van der Waals surface area (Å²) >= 11 is 0. The fraction of sp³-hybridized carbons (Fsp3) is 0.300. The molecule has 8 nitrogen and oxygen atoms in total. The smallest absolute Gasteiger partial charge is 0.328 e. The molecule has 3 rings (SSSR count). The number of carbonyl (C=O) groups excluding carboxylic acids is 1. The van der Waals surface area contributed by atoms with Crippen molar-refractivity contribution in [1.29, 1.82) is 0 Å². The fourth-order valence-corrected chi connectivity index (χ4v) is 2.98. The second-order valence-corrected chi connectivity index (χ2v) is 6.87. The molecule has 3 aromatic rings. The van der Waals surface area contributed by atoms with E-state index in [1.165, 1.54) is 29.6 Å². The SMILES string of the molecule is Cc1cccc(Cn2nc(C)c(NC(=O)c3cnn(C(C)C(=O)O)c3)c2C)c1. The molecule has 28 heavy (non-hydrogen) atoms. The van der Waals surface area contributed by atoms with E-state index in [1.807, 2.05) is 43.7 Å². The minimum absolute atomic E-state index is 0.290. The number of aromatic nitrogens is 4. The molecule has 0 bridgehead atoms. The molecule has 0 spiro atoms. The average Bonchev–Trinajstić information content (AvgIpc) is 3.22. The van der Waals surface area contributed by atoms with Gasteiger partial charge in [0.2, 0.25) is 0 Å². The lowest BCUT2D eigenvalue weighted by Gasteiger charge is -2.07. The van der Waals surface area contributed by atoms with E-state index in [2.05, 4.69) is 21.6 Å². The van der Waals surface area contributed by atoms with Gasteiger partial charge in [0.15, 0.2) is 0 Å². The normalized spacial score (nSPS) is 12.0. The number of nitrogens with zero attached hydrogens (tertiary/aromatic N) is 4. The molecule has 1 atom stereocenters. The summed E-state index contributed by atoms with van der Waals surface area (Å²) in [6.45, 7) is 7.90. The number of rotatable bonds is 6. The van der Waals surface area contributed by atoms with Gasteiger partial charge in [0.1, 0.15) is 6.04 Å². The van der Waals surface area contributed by atoms with Crippen molar-refractivity contribution in [2.45, 2.75) is 40.3 Å². The molecule has 0 aliphatic carbocycles. The highest BCUT2D eigenvalue weighted by Gasteiger charge is 2.19. The van der Waals surface area contributed by atoms with Gasteiger partial charge in [0, 0.05) is 6.20 Å². The van der Waals surface area contributed by atoms with E-state index in [0.717, 1.165) is 11.3 Å². The molecule has 146 valence electrons. The lowest BCUT2D eigenvalue weighted by molar-refractivity contribution is -0.140. The van der Waals surface area contributed by atoms with Gasteiger partial charge in [-0.25, -0.2) is 4.79 Å². The predicted molar refractivity (Wildman–Crippen MR) is 105 cm³/mol. The molecular weight excluding hydrogens is 358 g/mol. The largest absolute Gasteiger partial charge is 0.480 e. The number of carboxylic acid groups (broad SMARTS) is 1. The molecule has 1 aromatic carbocycles. The summed E-state index contributed by atoms with van der Waals surface area (Å²) in [6.07, 6.45) is 2.78. The number of nitrogens with one attached hydrogen (secondary N) is 1. The van der Waals surface area contributed by atoms with E-state index in [4.69, 9.17) is 5.11 Å². The Kier molecular flexibility index (Phi) is 5.30. The van der Waals surface area contributed by atoms with Crippen molar-refractivity contribution in [2.75, 3.05) is 5.32 Å². The molecule has 2 N–H and O–H groups in total. The van der Waals surface area contributed by atoms with Crippen LogP contribution >= 0.6 is 0 Å². The number of aliphatic carboxylic acids is 1. The van der Waals surface area contributed by atoms with Gasteiger partial charge in [-0.05, 0) is 33.3 Å². The summed E-state index contributed by atoms with van der Waals surface area (Å²) in [7, 11) is 0. The first-order chi connectivity index (χ1) is 13.3. The van der Waals surface area contributed by atoms with E-state index in [1.54, 1.807) is 0 Å². The zero-order valence-corrected chi connectivity index (χ0v) is 16.3. The number of hydrogen-bond donors (Lipinski definition) is 2. The summed E-state index contributed by atoms with van der Waals surface area (Å²) in [5.74, 6) is -1.37. The third-order valence-electron chi connectivity index (χ3n) is 4.65. The standard InChI is InChI=1S/C20H23N5O3/c1-12-6-5-7-16(8-12)10-25-14(3)18(13(2)23-25)22-19(26)17-9-21-24(11-17)15(4)20(27)28/h5-9,11,15H,10H2,1-4H3,(H,22,26)(H,27,28). The Morgan fingerprint density at radius 1 is 1.25 bits per heavy atom. The Balaban J connectivity index is 1.78. The highest BCUT2D eigenvalue weighted by atomic mass is 16.4. The highest BCUT2D eigenvalue weighted by molar-refractivity contribution is 6.04. The summed E-state index contributed by atoms with van der Waals surface area (Å²) in [5.41, 5.74) is 4.81. The Morgan fingerprint density at radius 2 is 2.00 bits per heavy atom. The van der Waals surface area contributed by atoms with Gasteiger partial charge in [-0.3, -0.25) is 14.2 Å². The zero-order chi connectivity index (χ0) is 20.4. The first-order valence-corrected chi connectivity index (χ1v) is 8.94. The van der Waals surface area contributed by atoms with Crippen LogP contribution in [-0.2, 0) is 11.3 Å². The number of hydrogen-bond acceptors (Lipinski definition) is 4. The number of carbonyl (C=O) groups is 2. The summed E-state index contributed by atoms with van der Waals surface area (Å²) < 4.78 is 3.10. The van der Waals surface area contributed by atoms with Crippen LogP contribution in [0.15, 0.2) is 36.7 Å². The maximum absolute atomic E-state index is 12.6. The van der Waals surface area contributed by atoms with Crippen LogP contribution in [0, 0.1) is 20.8 Å². The van der Waals surface area contributed by atoms with Crippen molar-refractivity contribution >= 4 is 17.6 Å². The van der Waals surface area contributed by atoms with Crippen molar-refractivity contribution in [2.24, 2.45) is 0 Å². The van der Waals surface area contributed by atoms with Crippen LogP contribution in [0.3, 0.4) is 0 Å². The molecular formula is C20H23N5O3. The Labute approximate surface area is 162 Å². The molecule has 0 aliphatic heterocycles. The highest BCUT2D eigenvalue weighted by Crippen LogP contribution is 2.21. The molecule has 1 amide bonds. The van der Waals surface area contributed by atoms with Crippen molar-refractivity contribution in [3.63, 3.8) is 0 Å². The average molecular weight is 381 g/mol. The summed E-state index contributed by atoms with van der Waals surface area (Å²) in [6, 6.07) is 7.35. The second-order valence-electron chi connectivity index (χ2n) is 6.87. The van der Waals surface area contributed by atoms with Crippen LogP contribution < -0.4 is 5.32 Å². The monoisotopic (exact) mass is 381 g/mol. The van der Waals surface area contributed by atoms with E-state index >= 15 is 0 Å². The molecule has 2 heterocycles. The Bertz CT molecular complexity index is 1030. The van der Waals surface area contributed by atoms with Crippen LogP contribution in [0.4, 0.5) is 5.69 Å². The van der Waals surface area contributed by atoms with Gasteiger partial charge in [-0.15, -0.1) is 0 Å². The van der Waals surface area contributed by atoms with Crippen LogP contribution in [0.5, 0.6) is 0 Å². The predicted octanol–water partition coefficient (Wildman–Crippen LogP) is 2.95. The van der Waals surface area contributed by atoms with Gasteiger partial charge < -0.3 is 10.4 Å². The van der Waals surface area contributed by atoms with Crippen LogP contribution in [0.25, 0.3) is 0 Å². The van der Waals surface area contributed by atoms with Gasteiger partial charge in [-0.2, -0.15) is 10.2 Å². The molecule has 0 radical (unpaired) electrons. The van der Waals surface area contributed by atoms with E-state index < -0.39 is 12.0 Å². The summed E-state index contributed by atoms with van der Waals surface area (Å²) in [5, 5.41) is 20.4. The Hall–Kier alpha value is -3.42. The number of anilines is 1. The zero-order valence-electron chi connectivity index (χ0n) is 16.3. The van der Waals surface area contributed by atoms with Crippen LogP contribution in [0.1, 0.15) is 45.8 Å². The lowest BCUT2D eigenvalue weighted by atomic mass is 10.1. The van der Waals surface area contributed by atoms with Crippen LogP contribution in [0.2, 0.25) is 0 Å². The molecule has 0 aliphatic rings. The molecule has 0 saturated heterocycles. The summed E-state index contributed by atoms with van der Waals surface area (Å²) in [4.78, 5) is 23.6. The third kappa shape index (κ3) is 3.95. The van der Waals surface area contributed by atoms with Gasteiger partial charge in [0.05, 0.1) is 35.4 Å². The van der Waals surface area contributed by atoms with Gasteiger partial charge >= 0.3 is 5.97 Å². The van der Waals surface area contributed by atoms with Gasteiger partial charge in [-0.1, -0.05) is 29.8 Å². The Morgan fingerprint density at radius 3 is 2.68 bits per heavy atom. The number of aryl methyl sites for hydroxylation is 2. The van der Waals surface area contributed by atoms with E-state index in [0.29, 0.717) is 23.5 Å². The van der Waals surface area contributed by atoms with Gasteiger partial charge in [0.25, 0.3) is 5.91 Å². The quantitative estimate of drug-likeness (QED) is 0.683. The minimum Gasteiger partial charge on any atom is -0.480 e. The van der Waals surface area contributed by atoms with E-state index in [-0.39, 0.29) is 5.91 Å². The van der Waals surface area contributed by atoms with Crippen molar-refractivity contribution < 1.29 is 14.7 Å². The topological polar surface area (TPSA) is 102 Å². The lowest BCUT2D eigenvalue weighted by Crippen LogP contribution is -2.16. The maximum Gasteiger partial charge on any atom is 0.328 e. The number of benzene rings is 1. The molecule has 8 heteroatoms. The first kappa shape index (κ1) is 19.3. The number of amides is 1. The van der Waals surface area contributed by atoms with Crippen molar-refractivity contribution in [3.8, 4) is 0 Å². The molecule has 0 saturated carbocycles. The van der Waals surface area contributed by atoms with Crippen molar-refractivity contribution in [1.82, 2.24) is 19.6 Å². The minimum atomic E-state index is -1.01. The van der Waals surface area contributed by atoms with Crippen LogP contribution in [-0.4, -0.2) is 36.5 Å². The third-order valence-corrected chi connectivity index (χ3v) is 4.65. The molecule has 1 unspecified atom stereocenters.